The molecule has 1 N–H and O–H groups in total. The predicted molar refractivity (Wildman–Crippen MR) is 100 cm³/mol. The molecule has 1 atom stereocenters. The van der Waals surface area contributed by atoms with Crippen molar-refractivity contribution >= 4 is 11.6 Å². The van der Waals surface area contributed by atoms with Crippen LogP contribution < -0.4 is 10.2 Å². The van der Waals surface area contributed by atoms with Crippen molar-refractivity contribution in [2.45, 2.75) is 20.0 Å². The molecule has 1 aromatic heterocycles. The molecular weight excluding hydrogens is 366 g/mol. The molecule has 3 aromatic rings. The van der Waals surface area contributed by atoms with E-state index in [2.05, 4.69) is 15.5 Å². The summed E-state index contributed by atoms with van der Waals surface area (Å²) in [7, 11) is 0. The summed E-state index contributed by atoms with van der Waals surface area (Å²) >= 11 is 0. The summed E-state index contributed by atoms with van der Waals surface area (Å²) in [5.74, 6) is -2.36. The molecule has 1 heterocycles. The number of amides is 1. The van der Waals surface area contributed by atoms with E-state index in [1.54, 1.807) is 19.4 Å². The average molecular weight is 384 g/mol. The van der Waals surface area contributed by atoms with Crippen molar-refractivity contribution < 1.29 is 18.3 Å². The maximum Gasteiger partial charge on any atom is 0.280 e. The third kappa shape index (κ3) is 4.59. The molecule has 0 fully saturated rings. The quantitative estimate of drug-likeness (QED) is 0.523. The van der Waals surface area contributed by atoms with Crippen molar-refractivity contribution in [3.63, 3.8) is 0 Å². The number of hydrogen-bond donors (Lipinski definition) is 1. The van der Waals surface area contributed by atoms with Gasteiger partial charge in [0.1, 0.15) is 5.82 Å². The predicted octanol–water partition coefficient (Wildman–Crippen LogP) is 3.46. The van der Waals surface area contributed by atoms with Gasteiger partial charge < -0.3 is 9.30 Å². The Hall–Kier alpha value is -3.55. The maximum atomic E-state index is 13.6. The number of halogens is 2. The number of rotatable bonds is 6. The Bertz CT molecular complexity index is 986. The number of ether oxygens (including phenoxy) is 1. The first-order valence-electron chi connectivity index (χ1n) is 8.48. The number of hydrogen-bond acceptors (Lipinski definition) is 4. The van der Waals surface area contributed by atoms with Gasteiger partial charge in [0.2, 0.25) is 0 Å². The summed E-state index contributed by atoms with van der Waals surface area (Å²) < 4.78 is 33.6. The molecule has 8 heteroatoms. The van der Waals surface area contributed by atoms with Crippen LogP contribution in [0.4, 0.5) is 8.78 Å². The van der Waals surface area contributed by atoms with Gasteiger partial charge in [0.15, 0.2) is 17.7 Å². The number of hydrazone groups is 1. The number of benzene rings is 2. The second kappa shape index (κ2) is 8.43. The molecule has 2 aromatic carbocycles. The highest BCUT2D eigenvalue weighted by molar-refractivity contribution is 5.99. The highest BCUT2D eigenvalue weighted by Gasteiger charge is 2.16. The Labute approximate surface area is 160 Å². The molecule has 0 saturated carbocycles. The first-order valence-corrected chi connectivity index (χ1v) is 8.48. The monoisotopic (exact) mass is 384 g/mol. The Morgan fingerprint density at radius 3 is 2.61 bits per heavy atom. The third-order valence-corrected chi connectivity index (χ3v) is 3.99. The van der Waals surface area contributed by atoms with E-state index in [9.17, 15) is 13.6 Å². The van der Waals surface area contributed by atoms with Crippen LogP contribution in [0, 0.1) is 11.6 Å². The largest absolute Gasteiger partial charge is 0.478 e. The van der Waals surface area contributed by atoms with Gasteiger partial charge in [0.25, 0.3) is 5.91 Å². The van der Waals surface area contributed by atoms with E-state index in [0.717, 1.165) is 23.4 Å². The molecule has 144 valence electrons. The molecule has 0 spiro atoms. The molecule has 0 aliphatic heterocycles. The van der Waals surface area contributed by atoms with Gasteiger partial charge in [-0.25, -0.2) is 19.2 Å². The summed E-state index contributed by atoms with van der Waals surface area (Å²) in [6, 6.07) is 10.4. The Kier molecular flexibility index (Phi) is 5.78. The molecular formula is C20H18F2N4O2. The van der Waals surface area contributed by atoms with Crippen LogP contribution in [0.15, 0.2) is 66.3 Å². The van der Waals surface area contributed by atoms with Gasteiger partial charge in [-0.05, 0) is 43.7 Å². The molecule has 1 amide bonds. The highest BCUT2D eigenvalue weighted by Crippen LogP contribution is 2.19. The van der Waals surface area contributed by atoms with Gasteiger partial charge in [0, 0.05) is 24.1 Å². The van der Waals surface area contributed by atoms with E-state index in [0.29, 0.717) is 11.8 Å². The van der Waals surface area contributed by atoms with E-state index >= 15 is 0 Å². The van der Waals surface area contributed by atoms with Crippen LogP contribution in [-0.2, 0) is 4.79 Å². The van der Waals surface area contributed by atoms with Gasteiger partial charge >= 0.3 is 0 Å². The van der Waals surface area contributed by atoms with E-state index in [-0.39, 0.29) is 5.75 Å². The lowest BCUT2D eigenvalue weighted by molar-refractivity contribution is -0.127. The molecule has 28 heavy (non-hydrogen) atoms. The van der Waals surface area contributed by atoms with Gasteiger partial charge in [-0.1, -0.05) is 12.1 Å². The van der Waals surface area contributed by atoms with E-state index in [4.69, 9.17) is 4.74 Å². The molecule has 0 unspecified atom stereocenters. The first-order chi connectivity index (χ1) is 13.4. The SMILES string of the molecule is C/C(=N/NC(=O)[C@H](C)Oc1ccc(F)cc1F)c1ccc(-n2ccnc2)cc1. The van der Waals surface area contributed by atoms with Crippen LogP contribution >= 0.6 is 0 Å². The van der Waals surface area contributed by atoms with Crippen molar-refractivity contribution in [1.29, 1.82) is 0 Å². The lowest BCUT2D eigenvalue weighted by Crippen LogP contribution is -2.34. The number of nitrogens with zero attached hydrogens (tertiary/aromatic N) is 3. The van der Waals surface area contributed by atoms with Crippen molar-refractivity contribution in [3.8, 4) is 11.4 Å². The summed E-state index contributed by atoms with van der Waals surface area (Å²) in [5, 5.41) is 4.05. The van der Waals surface area contributed by atoms with Crippen LogP contribution in [0.2, 0.25) is 0 Å². The van der Waals surface area contributed by atoms with Gasteiger partial charge in [-0.15, -0.1) is 0 Å². The molecule has 3 rings (SSSR count). The van der Waals surface area contributed by atoms with Crippen molar-refractivity contribution in [3.05, 3.63) is 78.4 Å². The van der Waals surface area contributed by atoms with Gasteiger partial charge in [-0.3, -0.25) is 4.79 Å². The molecule has 0 aliphatic rings. The number of carbonyl (C=O) groups excluding carboxylic acids is 1. The molecule has 0 aliphatic carbocycles. The fourth-order valence-corrected chi connectivity index (χ4v) is 2.40. The van der Waals surface area contributed by atoms with Crippen molar-refractivity contribution in [1.82, 2.24) is 15.0 Å². The van der Waals surface area contributed by atoms with Crippen LogP contribution in [0.1, 0.15) is 19.4 Å². The molecule has 0 radical (unpaired) electrons. The Morgan fingerprint density at radius 2 is 1.96 bits per heavy atom. The number of imidazole rings is 1. The minimum atomic E-state index is -1.01. The van der Waals surface area contributed by atoms with Crippen LogP contribution in [0.3, 0.4) is 0 Å². The average Bonchev–Trinajstić information content (AvgIpc) is 3.23. The van der Waals surface area contributed by atoms with E-state index < -0.39 is 23.6 Å². The lowest BCUT2D eigenvalue weighted by Gasteiger charge is -2.14. The summed E-state index contributed by atoms with van der Waals surface area (Å²) in [6.45, 7) is 3.20. The normalized spacial score (nSPS) is 12.5. The Balaban J connectivity index is 1.61. The fourth-order valence-electron chi connectivity index (χ4n) is 2.40. The zero-order chi connectivity index (χ0) is 20.1. The van der Waals surface area contributed by atoms with Gasteiger partial charge in [0.05, 0.1) is 12.0 Å². The number of nitrogens with one attached hydrogen (secondary N) is 1. The first kappa shape index (κ1) is 19.2. The summed E-state index contributed by atoms with van der Waals surface area (Å²) in [5.41, 5.74) is 4.74. The summed E-state index contributed by atoms with van der Waals surface area (Å²) in [6.07, 6.45) is 4.21. The number of aromatic nitrogens is 2. The smallest absolute Gasteiger partial charge is 0.280 e. The minimum absolute atomic E-state index is 0.208. The second-order valence-electron chi connectivity index (χ2n) is 6.02. The second-order valence-corrected chi connectivity index (χ2v) is 6.02. The third-order valence-electron chi connectivity index (χ3n) is 3.99. The van der Waals surface area contributed by atoms with Crippen molar-refractivity contribution in [2.75, 3.05) is 0 Å². The number of carbonyl (C=O) groups is 1. The molecule has 0 saturated heterocycles. The topological polar surface area (TPSA) is 68.5 Å². The van der Waals surface area contributed by atoms with Crippen LogP contribution in [-0.4, -0.2) is 27.3 Å². The molecule has 6 nitrogen and oxygen atoms in total. The van der Waals surface area contributed by atoms with Crippen LogP contribution in [0.5, 0.6) is 5.75 Å². The highest BCUT2D eigenvalue weighted by atomic mass is 19.1. The zero-order valence-electron chi connectivity index (χ0n) is 15.3. The zero-order valence-corrected chi connectivity index (χ0v) is 15.3. The van der Waals surface area contributed by atoms with Crippen LogP contribution in [0.25, 0.3) is 5.69 Å². The van der Waals surface area contributed by atoms with E-state index in [1.165, 1.54) is 6.92 Å². The fraction of sp³-hybridized carbons (Fsp3) is 0.150. The lowest BCUT2D eigenvalue weighted by atomic mass is 10.1. The van der Waals surface area contributed by atoms with Gasteiger partial charge in [-0.2, -0.15) is 5.10 Å². The van der Waals surface area contributed by atoms with E-state index in [1.807, 2.05) is 35.0 Å². The summed E-state index contributed by atoms with van der Waals surface area (Å²) in [4.78, 5) is 16.1. The van der Waals surface area contributed by atoms with Crippen molar-refractivity contribution in [2.24, 2.45) is 5.10 Å². The minimum Gasteiger partial charge on any atom is -0.478 e. The maximum absolute atomic E-state index is 13.6. The molecule has 0 bridgehead atoms. The Morgan fingerprint density at radius 1 is 1.21 bits per heavy atom. The standard InChI is InChI=1S/C20H18F2N4O2/c1-13(15-3-6-17(7-4-15)26-10-9-23-12-26)24-25-20(27)14(2)28-19-8-5-16(21)11-18(19)22/h3-12,14H,1-2H3,(H,25,27)/b24-13-/t14-/m0/s1.